The molecule has 0 spiro atoms. The first-order valence-electron chi connectivity index (χ1n) is 8.75. The van der Waals surface area contributed by atoms with Crippen LogP contribution in [0.3, 0.4) is 0 Å². The molecule has 0 saturated carbocycles. The number of carbonyl (C=O) groups excluding carboxylic acids is 1. The van der Waals surface area contributed by atoms with E-state index in [0.29, 0.717) is 27.1 Å². The van der Waals surface area contributed by atoms with Gasteiger partial charge >= 0.3 is 12.1 Å². The first-order chi connectivity index (χ1) is 13.9. The van der Waals surface area contributed by atoms with Gasteiger partial charge in [-0.2, -0.15) is 13.2 Å². The van der Waals surface area contributed by atoms with Crippen molar-refractivity contribution in [1.29, 1.82) is 0 Å². The number of alkyl halides is 3. The van der Waals surface area contributed by atoms with Crippen LogP contribution >= 0.6 is 11.6 Å². The van der Waals surface area contributed by atoms with Gasteiger partial charge in [-0.25, -0.2) is 18.4 Å². The number of rotatable bonds is 6. The number of hydrogen-bond acceptors (Lipinski definition) is 6. The van der Waals surface area contributed by atoms with Crippen LogP contribution in [0.2, 0.25) is 5.15 Å². The van der Waals surface area contributed by atoms with Gasteiger partial charge in [0.15, 0.2) is 0 Å². The molecule has 0 radical (unpaired) electrons. The van der Waals surface area contributed by atoms with Crippen LogP contribution < -0.4 is 0 Å². The van der Waals surface area contributed by atoms with Gasteiger partial charge in [-0.1, -0.05) is 11.6 Å². The first-order valence-corrected chi connectivity index (χ1v) is 11.2. The maximum Gasteiger partial charge on any atom is 0.471 e. The lowest BCUT2D eigenvalue weighted by atomic mass is 10.1. The second-order valence-corrected chi connectivity index (χ2v) is 9.44. The Labute approximate surface area is 175 Å². The van der Waals surface area contributed by atoms with Crippen molar-refractivity contribution in [2.24, 2.45) is 0 Å². The third kappa shape index (κ3) is 5.39. The van der Waals surface area contributed by atoms with E-state index in [2.05, 4.69) is 9.97 Å². The smallest absolute Gasteiger partial charge is 0.471 e. The molecule has 1 aromatic carbocycles. The molecule has 1 amide bonds. The van der Waals surface area contributed by atoms with Gasteiger partial charge in [0.1, 0.15) is 33.2 Å². The number of sulfone groups is 1. The van der Waals surface area contributed by atoms with Crippen molar-refractivity contribution in [1.82, 2.24) is 14.9 Å². The summed E-state index contributed by atoms with van der Waals surface area (Å²) in [5, 5.41) is 0.839. The maximum atomic E-state index is 12.9. The molecule has 0 fully saturated rings. The number of fused-ring (bicyclic) bond motifs is 1. The van der Waals surface area contributed by atoms with E-state index >= 15 is 0 Å². The Bertz CT molecular complexity index is 1110. The SMILES string of the molecule is CS(=O)(=O)CCN(CC1CC=C(c2ccc3ncnc(Cl)c3c2)O1)C(=O)C(F)(F)F. The molecule has 1 unspecified atom stereocenters. The van der Waals surface area contributed by atoms with Crippen molar-refractivity contribution in [2.75, 3.05) is 25.1 Å². The number of hydrogen-bond donors (Lipinski definition) is 0. The predicted octanol–water partition coefficient (Wildman–Crippen LogP) is 2.85. The first kappa shape index (κ1) is 22.3. The minimum atomic E-state index is -5.11. The Morgan fingerprint density at radius 1 is 1.33 bits per heavy atom. The molecule has 3 rings (SSSR count). The molecule has 0 N–H and O–H groups in total. The zero-order valence-corrected chi connectivity index (χ0v) is 17.3. The lowest BCUT2D eigenvalue weighted by Gasteiger charge is -2.26. The molecule has 1 atom stereocenters. The van der Waals surface area contributed by atoms with E-state index in [9.17, 15) is 26.4 Å². The number of benzene rings is 1. The number of carbonyl (C=O) groups is 1. The Hall–Kier alpha value is -2.40. The van der Waals surface area contributed by atoms with Crippen LogP contribution in [-0.2, 0) is 19.4 Å². The monoisotopic (exact) mass is 463 g/mol. The predicted molar refractivity (Wildman–Crippen MR) is 104 cm³/mol. The van der Waals surface area contributed by atoms with Crippen LogP contribution in [0, 0.1) is 0 Å². The fourth-order valence-corrected chi connectivity index (χ4v) is 3.71. The second-order valence-electron chi connectivity index (χ2n) is 6.82. The minimum absolute atomic E-state index is 0.250. The molecule has 0 saturated heterocycles. The molecule has 1 aromatic heterocycles. The number of aromatic nitrogens is 2. The zero-order valence-electron chi connectivity index (χ0n) is 15.7. The van der Waals surface area contributed by atoms with Crippen LogP contribution in [0.1, 0.15) is 12.0 Å². The summed E-state index contributed by atoms with van der Waals surface area (Å²) < 4.78 is 67.1. The molecule has 7 nitrogen and oxygen atoms in total. The molecule has 162 valence electrons. The molecule has 0 bridgehead atoms. The fraction of sp³-hybridized carbons (Fsp3) is 0.389. The van der Waals surface area contributed by atoms with Crippen molar-refractivity contribution in [3.63, 3.8) is 0 Å². The van der Waals surface area contributed by atoms with Crippen molar-refractivity contribution in [2.45, 2.75) is 18.7 Å². The molecule has 30 heavy (non-hydrogen) atoms. The summed E-state index contributed by atoms with van der Waals surface area (Å²) >= 11 is 6.07. The number of amides is 1. The lowest BCUT2D eigenvalue weighted by molar-refractivity contribution is -0.186. The molecule has 2 aromatic rings. The van der Waals surface area contributed by atoms with E-state index in [0.717, 1.165) is 6.26 Å². The number of nitrogens with zero attached hydrogens (tertiary/aromatic N) is 3. The Morgan fingerprint density at radius 2 is 2.07 bits per heavy atom. The van der Waals surface area contributed by atoms with Gasteiger partial charge in [0, 0.05) is 30.2 Å². The van der Waals surface area contributed by atoms with Crippen LogP contribution in [0.15, 0.2) is 30.6 Å². The molecule has 0 aliphatic carbocycles. The normalized spacial score (nSPS) is 17.0. The van der Waals surface area contributed by atoms with E-state index in [1.807, 2.05) is 0 Å². The van der Waals surface area contributed by atoms with E-state index in [1.54, 1.807) is 24.3 Å². The molecular formula is C18H17ClF3N3O4S. The molecule has 12 heteroatoms. The Morgan fingerprint density at radius 3 is 2.73 bits per heavy atom. The van der Waals surface area contributed by atoms with Crippen LogP contribution in [0.4, 0.5) is 13.2 Å². The quantitative estimate of drug-likeness (QED) is 0.612. The maximum absolute atomic E-state index is 12.9. The van der Waals surface area contributed by atoms with Crippen molar-refractivity contribution >= 4 is 44.0 Å². The van der Waals surface area contributed by atoms with Crippen molar-refractivity contribution in [3.05, 3.63) is 41.3 Å². The summed E-state index contributed by atoms with van der Waals surface area (Å²) in [6.45, 7) is -0.972. The highest BCUT2D eigenvalue weighted by Crippen LogP contribution is 2.30. The van der Waals surface area contributed by atoms with Gasteiger partial charge in [-0.3, -0.25) is 4.79 Å². The Kier molecular flexibility index (Phi) is 6.23. The van der Waals surface area contributed by atoms with Gasteiger partial charge in [0.05, 0.1) is 17.8 Å². The topological polar surface area (TPSA) is 89.5 Å². The lowest BCUT2D eigenvalue weighted by Crippen LogP contribution is -2.46. The van der Waals surface area contributed by atoms with E-state index in [1.165, 1.54) is 6.33 Å². The average molecular weight is 464 g/mol. The van der Waals surface area contributed by atoms with Crippen molar-refractivity contribution in [3.8, 4) is 0 Å². The van der Waals surface area contributed by atoms with Gasteiger partial charge in [-0.05, 0) is 24.3 Å². The summed E-state index contributed by atoms with van der Waals surface area (Å²) in [6.07, 6.45) is -1.69. The van der Waals surface area contributed by atoms with Gasteiger partial charge < -0.3 is 9.64 Å². The van der Waals surface area contributed by atoms with E-state index in [-0.39, 0.29) is 11.6 Å². The van der Waals surface area contributed by atoms with Crippen LogP contribution in [-0.4, -0.2) is 66.6 Å². The number of ether oxygens (including phenoxy) is 1. The summed E-state index contributed by atoms with van der Waals surface area (Å²) in [5.74, 6) is -2.26. The third-order valence-electron chi connectivity index (χ3n) is 4.42. The third-order valence-corrected chi connectivity index (χ3v) is 5.64. The highest BCUT2D eigenvalue weighted by molar-refractivity contribution is 7.90. The molecule has 1 aliphatic heterocycles. The fourth-order valence-electron chi connectivity index (χ4n) is 2.97. The van der Waals surface area contributed by atoms with Crippen LogP contribution in [0.5, 0.6) is 0 Å². The Balaban J connectivity index is 1.73. The van der Waals surface area contributed by atoms with E-state index < -0.39 is 46.9 Å². The summed E-state index contributed by atoms with van der Waals surface area (Å²) in [6, 6.07) is 5.14. The molecule has 1 aliphatic rings. The second kappa shape index (κ2) is 8.38. The van der Waals surface area contributed by atoms with Gasteiger partial charge in [0.2, 0.25) is 0 Å². The summed E-state index contributed by atoms with van der Waals surface area (Å²) in [5.41, 5.74) is 1.25. The minimum Gasteiger partial charge on any atom is -0.488 e. The van der Waals surface area contributed by atoms with Crippen LogP contribution in [0.25, 0.3) is 16.7 Å². The standard InChI is InChI=1S/C18H17ClF3N3O4S/c1-30(27,28)7-6-25(17(26)18(20,21)22)9-12-3-5-15(29-12)11-2-4-14-13(8-11)16(19)24-10-23-14/h2,4-5,8,10,12H,3,6-7,9H2,1H3. The number of halogens is 4. The highest BCUT2D eigenvalue weighted by Gasteiger charge is 2.43. The van der Waals surface area contributed by atoms with Gasteiger partial charge in [0.25, 0.3) is 0 Å². The summed E-state index contributed by atoms with van der Waals surface area (Å²) in [4.78, 5) is 20.2. The molecule has 2 heterocycles. The summed E-state index contributed by atoms with van der Waals surface area (Å²) in [7, 11) is -3.55. The largest absolute Gasteiger partial charge is 0.488 e. The highest BCUT2D eigenvalue weighted by atomic mass is 35.5. The zero-order chi connectivity index (χ0) is 22.1. The average Bonchev–Trinajstić information content (AvgIpc) is 3.12. The van der Waals surface area contributed by atoms with E-state index in [4.69, 9.17) is 16.3 Å². The van der Waals surface area contributed by atoms with Gasteiger partial charge in [-0.15, -0.1) is 0 Å². The molecular weight excluding hydrogens is 447 g/mol. The van der Waals surface area contributed by atoms with Crippen molar-refractivity contribution < 1.29 is 31.1 Å².